The van der Waals surface area contributed by atoms with Crippen LogP contribution in [0.1, 0.15) is 19.4 Å². The van der Waals surface area contributed by atoms with E-state index < -0.39 is 0 Å². The molecule has 1 heterocycles. The van der Waals surface area contributed by atoms with Gasteiger partial charge in [0.05, 0.1) is 11.9 Å². The fraction of sp³-hybridized carbons (Fsp3) is 0.273. The van der Waals surface area contributed by atoms with Crippen LogP contribution in [0.2, 0.25) is 0 Å². The minimum Gasteiger partial charge on any atom is -0.324 e. The molecule has 0 aliphatic heterocycles. The Balaban J connectivity index is 2.76. The second kappa shape index (κ2) is 4.56. The van der Waals surface area contributed by atoms with Gasteiger partial charge in [0, 0.05) is 12.1 Å². The summed E-state index contributed by atoms with van der Waals surface area (Å²) in [7, 11) is 0. The van der Waals surface area contributed by atoms with Gasteiger partial charge < -0.3 is 5.32 Å². The minimum absolute atomic E-state index is 0.00647. The van der Waals surface area contributed by atoms with Gasteiger partial charge in [-0.05, 0) is 11.6 Å². The van der Waals surface area contributed by atoms with Crippen LogP contribution in [-0.4, -0.2) is 10.9 Å². The number of amides is 1. The third kappa shape index (κ3) is 2.69. The van der Waals surface area contributed by atoms with Crippen LogP contribution in [0.15, 0.2) is 25.0 Å². The molecule has 1 aromatic rings. The topological polar surface area (TPSA) is 42.0 Å². The normalized spacial score (nSPS) is 9.93. The Morgan fingerprint density at radius 1 is 1.57 bits per heavy atom. The predicted molar refractivity (Wildman–Crippen MR) is 57.8 cm³/mol. The lowest BCUT2D eigenvalue weighted by Crippen LogP contribution is -2.17. The van der Waals surface area contributed by atoms with Crippen LogP contribution in [-0.2, 0) is 4.79 Å². The van der Waals surface area contributed by atoms with Gasteiger partial charge in [-0.2, -0.15) is 0 Å². The molecule has 0 radical (unpaired) electrons. The molecule has 0 atom stereocenters. The summed E-state index contributed by atoms with van der Waals surface area (Å²) in [6, 6.07) is 1.83. The van der Waals surface area contributed by atoms with Gasteiger partial charge >= 0.3 is 0 Å². The highest BCUT2D eigenvalue weighted by molar-refractivity contribution is 5.92. The number of nitrogens with one attached hydrogen (secondary N) is 1. The predicted octanol–water partition coefficient (Wildman–Crippen LogP) is 2.32. The van der Waals surface area contributed by atoms with Crippen molar-refractivity contribution >= 4 is 17.7 Å². The molecule has 0 saturated heterocycles. The average molecular weight is 190 g/mol. The number of carbonyl (C=O) groups excluding carboxylic acids is 1. The fourth-order valence-electron chi connectivity index (χ4n) is 0.924. The van der Waals surface area contributed by atoms with Crippen molar-refractivity contribution < 1.29 is 4.79 Å². The van der Waals surface area contributed by atoms with E-state index in [0.717, 1.165) is 5.56 Å². The van der Waals surface area contributed by atoms with Gasteiger partial charge in [-0.1, -0.05) is 26.5 Å². The molecule has 1 aromatic heterocycles. The van der Waals surface area contributed by atoms with Crippen LogP contribution < -0.4 is 5.32 Å². The molecule has 0 unspecified atom stereocenters. The molecule has 0 spiro atoms. The Morgan fingerprint density at radius 2 is 2.29 bits per heavy atom. The van der Waals surface area contributed by atoms with Crippen molar-refractivity contribution in [2.24, 2.45) is 5.92 Å². The molecule has 1 rings (SSSR count). The number of anilines is 1. The lowest BCUT2D eigenvalue weighted by atomic mass is 10.2. The molecule has 0 saturated carbocycles. The monoisotopic (exact) mass is 190 g/mol. The van der Waals surface area contributed by atoms with E-state index in [9.17, 15) is 4.79 Å². The van der Waals surface area contributed by atoms with Gasteiger partial charge in [-0.25, -0.2) is 0 Å². The number of aromatic nitrogens is 1. The number of pyridine rings is 1. The zero-order chi connectivity index (χ0) is 10.6. The summed E-state index contributed by atoms with van der Waals surface area (Å²) < 4.78 is 0. The van der Waals surface area contributed by atoms with E-state index >= 15 is 0 Å². The van der Waals surface area contributed by atoms with Crippen molar-refractivity contribution in [2.45, 2.75) is 13.8 Å². The molecule has 0 fully saturated rings. The fourth-order valence-corrected chi connectivity index (χ4v) is 0.924. The lowest BCUT2D eigenvalue weighted by molar-refractivity contribution is -0.118. The summed E-state index contributed by atoms with van der Waals surface area (Å²) >= 11 is 0. The molecular formula is C11H14N2O. The molecule has 1 N–H and O–H groups in total. The SMILES string of the molecule is C=Cc1cncc(NC(=O)C(C)C)c1. The number of hydrogen-bond donors (Lipinski definition) is 1. The van der Waals surface area contributed by atoms with E-state index in [1.54, 1.807) is 18.5 Å². The first-order valence-electron chi connectivity index (χ1n) is 4.52. The van der Waals surface area contributed by atoms with E-state index in [-0.39, 0.29) is 11.8 Å². The third-order valence-electron chi connectivity index (χ3n) is 1.79. The largest absolute Gasteiger partial charge is 0.324 e. The Labute approximate surface area is 83.9 Å². The quantitative estimate of drug-likeness (QED) is 0.794. The van der Waals surface area contributed by atoms with Gasteiger partial charge in [0.15, 0.2) is 0 Å². The summed E-state index contributed by atoms with van der Waals surface area (Å²) in [6.07, 6.45) is 5.00. The number of rotatable bonds is 3. The van der Waals surface area contributed by atoms with Crippen LogP contribution in [0.5, 0.6) is 0 Å². The molecule has 3 heteroatoms. The lowest BCUT2D eigenvalue weighted by Gasteiger charge is -2.07. The highest BCUT2D eigenvalue weighted by Crippen LogP contribution is 2.10. The molecule has 0 aliphatic carbocycles. The Bertz CT molecular complexity index is 345. The van der Waals surface area contributed by atoms with Crippen molar-refractivity contribution in [1.82, 2.24) is 4.98 Å². The molecule has 0 bridgehead atoms. The van der Waals surface area contributed by atoms with Crippen LogP contribution >= 0.6 is 0 Å². The summed E-state index contributed by atoms with van der Waals surface area (Å²) in [5.74, 6) is -0.0320. The van der Waals surface area contributed by atoms with E-state index in [1.807, 2.05) is 19.9 Å². The number of hydrogen-bond acceptors (Lipinski definition) is 2. The van der Waals surface area contributed by atoms with Gasteiger partial charge in [-0.3, -0.25) is 9.78 Å². The zero-order valence-corrected chi connectivity index (χ0v) is 8.45. The number of nitrogens with zero attached hydrogens (tertiary/aromatic N) is 1. The summed E-state index contributed by atoms with van der Waals surface area (Å²) in [4.78, 5) is 15.3. The van der Waals surface area contributed by atoms with Crippen molar-refractivity contribution in [2.75, 3.05) is 5.32 Å². The molecule has 1 amide bonds. The molecule has 3 nitrogen and oxygen atoms in total. The first-order valence-corrected chi connectivity index (χ1v) is 4.52. The molecule has 0 aromatic carbocycles. The van der Waals surface area contributed by atoms with Gasteiger partial charge in [0.1, 0.15) is 0 Å². The first kappa shape index (κ1) is 10.4. The van der Waals surface area contributed by atoms with Crippen molar-refractivity contribution in [3.63, 3.8) is 0 Å². The third-order valence-corrected chi connectivity index (χ3v) is 1.79. The maximum Gasteiger partial charge on any atom is 0.226 e. The van der Waals surface area contributed by atoms with Crippen LogP contribution in [0.3, 0.4) is 0 Å². The highest BCUT2D eigenvalue weighted by Gasteiger charge is 2.06. The zero-order valence-electron chi connectivity index (χ0n) is 8.45. The minimum atomic E-state index is -0.0256. The van der Waals surface area contributed by atoms with Crippen molar-refractivity contribution in [3.8, 4) is 0 Å². The Hall–Kier alpha value is -1.64. The summed E-state index contributed by atoms with van der Waals surface area (Å²) in [5.41, 5.74) is 1.60. The van der Waals surface area contributed by atoms with Crippen LogP contribution in [0.4, 0.5) is 5.69 Å². The maximum atomic E-state index is 11.3. The standard InChI is InChI=1S/C11H14N2O/c1-4-9-5-10(7-12-6-9)13-11(14)8(2)3/h4-8H,1H2,2-3H3,(H,13,14). The van der Waals surface area contributed by atoms with Crippen LogP contribution in [0.25, 0.3) is 6.08 Å². The molecular weight excluding hydrogens is 176 g/mol. The van der Waals surface area contributed by atoms with Gasteiger partial charge in [-0.15, -0.1) is 0 Å². The van der Waals surface area contributed by atoms with E-state index in [1.165, 1.54) is 0 Å². The summed E-state index contributed by atoms with van der Waals surface area (Å²) in [5, 5.41) is 2.77. The molecule has 14 heavy (non-hydrogen) atoms. The Morgan fingerprint density at radius 3 is 2.86 bits per heavy atom. The van der Waals surface area contributed by atoms with E-state index in [0.29, 0.717) is 5.69 Å². The maximum absolute atomic E-state index is 11.3. The highest BCUT2D eigenvalue weighted by atomic mass is 16.1. The smallest absolute Gasteiger partial charge is 0.226 e. The van der Waals surface area contributed by atoms with E-state index in [4.69, 9.17) is 0 Å². The second-order valence-electron chi connectivity index (χ2n) is 3.36. The van der Waals surface area contributed by atoms with Crippen molar-refractivity contribution in [3.05, 3.63) is 30.6 Å². The van der Waals surface area contributed by atoms with E-state index in [2.05, 4.69) is 16.9 Å². The van der Waals surface area contributed by atoms with Gasteiger partial charge in [0.25, 0.3) is 0 Å². The Kier molecular flexibility index (Phi) is 3.40. The summed E-state index contributed by atoms with van der Waals surface area (Å²) in [6.45, 7) is 7.33. The van der Waals surface area contributed by atoms with Crippen LogP contribution in [0, 0.1) is 5.92 Å². The van der Waals surface area contributed by atoms with Crippen molar-refractivity contribution in [1.29, 1.82) is 0 Å². The molecule has 74 valence electrons. The molecule has 0 aliphatic rings. The number of carbonyl (C=O) groups is 1. The first-order chi connectivity index (χ1) is 6.63. The second-order valence-corrected chi connectivity index (χ2v) is 3.36. The van der Waals surface area contributed by atoms with Gasteiger partial charge in [0.2, 0.25) is 5.91 Å². The average Bonchev–Trinajstić information content (AvgIpc) is 2.18.